The molecule has 0 aromatic carbocycles. The van der Waals surface area contributed by atoms with Crippen molar-refractivity contribution in [1.82, 2.24) is 0 Å². The first-order chi connectivity index (χ1) is 1.91. The lowest BCUT2D eigenvalue weighted by atomic mass is 11.6. The highest BCUT2D eigenvalue weighted by Gasteiger charge is 1.42. The zero-order valence-electron chi connectivity index (χ0n) is 2.43. The first kappa shape index (κ1) is 8.82. The number of nitrogens with two attached hydrogens (primary N) is 1. The molecular formula is CH4N2OS. The Hall–Kier alpha value is -0.400. The Bertz CT molecular complexity index is 39.4. The molecule has 0 amide bonds. The molecule has 0 atom stereocenters. The largest absolute Gasteiger partial charge is 0.333 e. The summed E-state index contributed by atoms with van der Waals surface area (Å²) in [5.41, 5.74) is 0. The summed E-state index contributed by atoms with van der Waals surface area (Å²) in [7, 11) is 0. The summed E-state index contributed by atoms with van der Waals surface area (Å²) < 4.78 is 0. The van der Waals surface area contributed by atoms with Gasteiger partial charge in [0.1, 0.15) is 0 Å². The zero-order valence-corrected chi connectivity index (χ0v) is 3.43. The minimum Gasteiger partial charge on any atom is -0.333 e. The lowest BCUT2D eigenvalue weighted by molar-refractivity contribution is 0.284. The average molecular weight is 92.1 g/mol. The molecule has 0 aromatic heterocycles. The summed E-state index contributed by atoms with van der Waals surface area (Å²) >= 11 is 0. The average Bonchev–Trinajstić information content (AvgIpc) is 1.37. The molecule has 0 unspecified atom stereocenters. The van der Waals surface area contributed by atoms with Gasteiger partial charge in [-0.3, -0.25) is 0 Å². The van der Waals surface area contributed by atoms with Crippen molar-refractivity contribution in [2.24, 2.45) is 5.90 Å². The molecule has 2 N–H and O–H groups in total. The number of hydrogen-bond donors (Lipinski definition) is 1. The third-order valence-corrected chi connectivity index (χ3v) is 0.0527. The van der Waals surface area contributed by atoms with E-state index in [0.717, 1.165) is 0 Å². The van der Waals surface area contributed by atoms with E-state index in [1.165, 1.54) is 6.26 Å². The molecular weight excluding hydrogens is 88.1 g/mol. The Morgan fingerprint density at radius 2 is 2.00 bits per heavy atom. The quantitative estimate of drug-likeness (QED) is 0.323. The fourth-order valence-corrected chi connectivity index (χ4v) is 0. The van der Waals surface area contributed by atoms with Gasteiger partial charge in [0.25, 0.3) is 0 Å². The molecule has 0 aromatic rings. The van der Waals surface area contributed by atoms with Crippen molar-refractivity contribution in [3.8, 4) is 6.26 Å². The van der Waals surface area contributed by atoms with E-state index in [4.69, 9.17) is 5.26 Å². The van der Waals surface area contributed by atoms with Crippen molar-refractivity contribution in [2.45, 2.75) is 0 Å². The third kappa shape index (κ3) is 25.6. The van der Waals surface area contributed by atoms with E-state index in [-0.39, 0.29) is 13.5 Å². The molecule has 0 heterocycles. The van der Waals surface area contributed by atoms with Gasteiger partial charge in [-0.15, -0.1) is 5.26 Å². The second kappa shape index (κ2) is 9.51. The van der Waals surface area contributed by atoms with E-state index in [9.17, 15) is 0 Å². The van der Waals surface area contributed by atoms with Gasteiger partial charge in [0.2, 0.25) is 0 Å². The normalized spacial score (nSPS) is 3.20. The van der Waals surface area contributed by atoms with Crippen LogP contribution >= 0.6 is 13.5 Å². The highest BCUT2D eigenvalue weighted by molar-refractivity contribution is 7.59. The molecule has 5 heavy (non-hydrogen) atoms. The summed E-state index contributed by atoms with van der Waals surface area (Å²) in [6.45, 7) is 0. The molecule has 3 nitrogen and oxygen atoms in total. The third-order valence-electron chi connectivity index (χ3n) is 0.0527. The maximum Gasteiger partial charge on any atom is 0.307 e. The minimum atomic E-state index is 0. The van der Waals surface area contributed by atoms with Crippen molar-refractivity contribution in [3.05, 3.63) is 0 Å². The Morgan fingerprint density at radius 1 is 1.80 bits per heavy atom. The number of rotatable bonds is 0. The highest BCUT2D eigenvalue weighted by Crippen LogP contribution is 1.31. The van der Waals surface area contributed by atoms with Crippen LogP contribution in [0.4, 0.5) is 0 Å². The lowest BCUT2D eigenvalue weighted by Crippen LogP contribution is -1.86. The van der Waals surface area contributed by atoms with E-state index < -0.39 is 0 Å². The summed E-state index contributed by atoms with van der Waals surface area (Å²) in [4.78, 5) is 3.35. The highest BCUT2D eigenvalue weighted by atomic mass is 32.1. The SMILES string of the molecule is N#CON.S. The molecule has 0 fully saturated rings. The second-order valence-electron chi connectivity index (χ2n) is 0.209. The molecule has 0 radical (unpaired) electrons. The monoisotopic (exact) mass is 92.0 g/mol. The fraction of sp³-hybridized carbons (Fsp3) is 0. The van der Waals surface area contributed by atoms with Gasteiger partial charge in [0, 0.05) is 0 Å². The number of nitrogens with zero attached hydrogens (tertiary/aromatic N) is 1. The minimum absolute atomic E-state index is 0. The van der Waals surface area contributed by atoms with Crippen LogP contribution in [-0.2, 0) is 4.84 Å². The fourth-order valence-electron chi connectivity index (χ4n) is 0. The molecule has 30 valence electrons. The topological polar surface area (TPSA) is 59.0 Å². The van der Waals surface area contributed by atoms with Crippen LogP contribution in [0.2, 0.25) is 0 Å². The van der Waals surface area contributed by atoms with E-state index in [2.05, 4.69) is 10.7 Å². The van der Waals surface area contributed by atoms with E-state index >= 15 is 0 Å². The molecule has 0 aliphatic rings. The molecule has 4 heteroatoms. The van der Waals surface area contributed by atoms with Crippen LogP contribution in [0.1, 0.15) is 0 Å². The van der Waals surface area contributed by atoms with Crippen molar-refractivity contribution in [3.63, 3.8) is 0 Å². The van der Waals surface area contributed by atoms with Crippen molar-refractivity contribution >= 4 is 13.5 Å². The molecule has 0 saturated carbocycles. The van der Waals surface area contributed by atoms with Crippen LogP contribution < -0.4 is 5.90 Å². The van der Waals surface area contributed by atoms with Gasteiger partial charge in [-0.05, 0) is 0 Å². The summed E-state index contributed by atoms with van der Waals surface area (Å²) in [5.74, 6) is 4.17. The van der Waals surface area contributed by atoms with Crippen LogP contribution in [0, 0.1) is 11.5 Å². The van der Waals surface area contributed by atoms with Crippen molar-refractivity contribution in [1.29, 1.82) is 5.26 Å². The zero-order chi connectivity index (χ0) is 3.41. The Balaban J connectivity index is 0. The van der Waals surface area contributed by atoms with Gasteiger partial charge in [-0.2, -0.15) is 19.4 Å². The first-order valence-corrected chi connectivity index (χ1v) is 0.663. The van der Waals surface area contributed by atoms with E-state index in [1.807, 2.05) is 0 Å². The Kier molecular flexibility index (Phi) is 16.8. The molecule has 0 bridgehead atoms. The Labute approximate surface area is 36.7 Å². The van der Waals surface area contributed by atoms with E-state index in [1.54, 1.807) is 0 Å². The maximum atomic E-state index is 7.28. The summed E-state index contributed by atoms with van der Waals surface area (Å²) in [5, 5.41) is 7.28. The van der Waals surface area contributed by atoms with Crippen molar-refractivity contribution in [2.75, 3.05) is 0 Å². The standard InChI is InChI=1S/CH2N2O.H2S/c2-1-4-3;/h3H2;1H2. The first-order valence-electron chi connectivity index (χ1n) is 0.663. The molecule has 0 aliphatic heterocycles. The van der Waals surface area contributed by atoms with Crippen LogP contribution in [0.3, 0.4) is 0 Å². The number of hydrogen-bond acceptors (Lipinski definition) is 3. The molecule has 0 rings (SSSR count). The van der Waals surface area contributed by atoms with Crippen molar-refractivity contribution < 1.29 is 4.84 Å². The number of nitriles is 1. The van der Waals surface area contributed by atoms with Gasteiger partial charge in [-0.25, -0.2) is 0 Å². The van der Waals surface area contributed by atoms with Crippen LogP contribution in [-0.4, -0.2) is 0 Å². The van der Waals surface area contributed by atoms with Gasteiger partial charge < -0.3 is 4.84 Å². The summed E-state index contributed by atoms with van der Waals surface area (Å²) in [6.07, 6.45) is 1.21. The molecule has 0 saturated heterocycles. The maximum absolute atomic E-state index is 7.28. The molecule has 0 spiro atoms. The Morgan fingerprint density at radius 3 is 2.00 bits per heavy atom. The van der Waals surface area contributed by atoms with Gasteiger partial charge in [0.15, 0.2) is 0 Å². The van der Waals surface area contributed by atoms with E-state index in [0.29, 0.717) is 0 Å². The smallest absolute Gasteiger partial charge is 0.307 e. The predicted octanol–water partition coefficient (Wildman–Crippen LogP) is -0.529. The van der Waals surface area contributed by atoms with Gasteiger partial charge in [-0.1, -0.05) is 0 Å². The van der Waals surface area contributed by atoms with Crippen LogP contribution in [0.15, 0.2) is 0 Å². The van der Waals surface area contributed by atoms with Gasteiger partial charge >= 0.3 is 6.26 Å². The lowest BCUT2D eigenvalue weighted by Gasteiger charge is -1.61. The van der Waals surface area contributed by atoms with Crippen LogP contribution in [0.25, 0.3) is 0 Å². The summed E-state index contributed by atoms with van der Waals surface area (Å²) in [6, 6.07) is 0. The van der Waals surface area contributed by atoms with Crippen LogP contribution in [0.5, 0.6) is 0 Å². The molecule has 0 aliphatic carbocycles. The van der Waals surface area contributed by atoms with Gasteiger partial charge in [0.05, 0.1) is 0 Å². The second-order valence-corrected chi connectivity index (χ2v) is 0.209. The predicted molar refractivity (Wildman–Crippen MR) is 21.3 cm³/mol.